The third kappa shape index (κ3) is 3.89. The first-order valence-corrected chi connectivity index (χ1v) is 14.1. The smallest absolute Gasteiger partial charge is 0.313 e. The van der Waals surface area contributed by atoms with Crippen molar-refractivity contribution in [3.8, 4) is 0 Å². The maximum absolute atomic E-state index is 12.6. The van der Waals surface area contributed by atoms with Gasteiger partial charge in [-0.25, -0.2) is 0 Å². The van der Waals surface area contributed by atoms with E-state index in [0.29, 0.717) is 38.5 Å². The molecule has 0 radical (unpaired) electrons. The molecule has 37 heavy (non-hydrogen) atoms. The summed E-state index contributed by atoms with van der Waals surface area (Å²) in [4.78, 5) is 24.5. The predicted molar refractivity (Wildman–Crippen MR) is 139 cm³/mol. The third-order valence-electron chi connectivity index (χ3n) is 12.5. The van der Waals surface area contributed by atoms with Crippen LogP contribution >= 0.6 is 0 Å². The first kappa shape index (κ1) is 28.7. The number of Topliss-reactive ketones (excluding diaryl/α,β-unsaturated/α-hetero) is 1. The van der Waals surface area contributed by atoms with E-state index in [2.05, 4.69) is 20.8 Å². The molecule has 3 saturated carbocycles. The number of hydrogen-bond acceptors (Lipinski definition) is 6. The molecule has 4 aliphatic carbocycles. The van der Waals surface area contributed by atoms with E-state index in [1.165, 1.54) is 0 Å². The highest BCUT2D eigenvalue weighted by molar-refractivity contribution is 5.79. The number of aliphatic hydroxyl groups is 4. The number of carbonyl (C=O) groups is 2. The van der Waals surface area contributed by atoms with Gasteiger partial charge in [0, 0.05) is 11.3 Å². The van der Waals surface area contributed by atoms with Gasteiger partial charge >= 0.3 is 5.97 Å². The van der Waals surface area contributed by atoms with Gasteiger partial charge in [0.25, 0.3) is 0 Å². The molecule has 7 nitrogen and oxygen atoms in total. The van der Waals surface area contributed by atoms with Crippen molar-refractivity contribution in [2.75, 3.05) is 6.61 Å². The van der Waals surface area contributed by atoms with Crippen molar-refractivity contribution in [2.45, 2.75) is 111 Å². The van der Waals surface area contributed by atoms with E-state index in [1.54, 1.807) is 6.92 Å². The van der Waals surface area contributed by atoms with Crippen LogP contribution in [-0.4, -0.2) is 62.2 Å². The summed E-state index contributed by atoms with van der Waals surface area (Å²) >= 11 is 0. The second-order valence-corrected chi connectivity index (χ2v) is 14.1. The molecule has 210 valence electrons. The normalized spacial score (nSPS) is 50.2. The molecular formula is C30H48O7. The highest BCUT2D eigenvalue weighted by Crippen LogP contribution is 2.74. The Labute approximate surface area is 221 Å². The zero-order chi connectivity index (χ0) is 27.8. The van der Waals surface area contributed by atoms with Gasteiger partial charge in [-0.1, -0.05) is 40.7 Å². The molecule has 0 aromatic carbocycles. The minimum atomic E-state index is -1.09. The van der Waals surface area contributed by atoms with Gasteiger partial charge in [0.05, 0.1) is 30.3 Å². The zero-order valence-corrected chi connectivity index (χ0v) is 23.5. The predicted octanol–water partition coefficient (Wildman–Crippen LogP) is 3.72. The van der Waals surface area contributed by atoms with Crippen molar-refractivity contribution in [1.29, 1.82) is 0 Å². The fraction of sp³-hybridized carbons (Fsp3) is 0.867. The Morgan fingerprint density at radius 1 is 1.05 bits per heavy atom. The molecule has 11 unspecified atom stereocenters. The lowest BCUT2D eigenvalue weighted by Crippen LogP contribution is -2.68. The molecule has 0 aromatic rings. The Morgan fingerprint density at radius 2 is 1.70 bits per heavy atom. The van der Waals surface area contributed by atoms with Crippen molar-refractivity contribution in [3.63, 3.8) is 0 Å². The van der Waals surface area contributed by atoms with E-state index in [4.69, 9.17) is 0 Å². The Morgan fingerprint density at radius 3 is 2.27 bits per heavy atom. The largest absolute Gasteiger partial charge is 0.481 e. The van der Waals surface area contributed by atoms with Crippen molar-refractivity contribution in [1.82, 2.24) is 0 Å². The van der Waals surface area contributed by atoms with Crippen LogP contribution < -0.4 is 0 Å². The Balaban J connectivity index is 1.75. The zero-order valence-electron chi connectivity index (χ0n) is 23.5. The molecule has 4 rings (SSSR count). The SMILES string of the molecule is CC(=O)C(C)CCC1(C(=O)O)C=C2C(O)CC3C4(C)CC(O)C(O)C(C)(CO)C4CCC3(C)C2(C)CC1. The molecule has 0 amide bonds. The standard InChI is InChI=1S/C30H48O7/c1-17(18(2)32)7-10-30(25(36)37)12-11-28(5)19(14-30)20(33)13-23-26(3)15-21(34)24(35)27(4,16-31)22(26)8-9-29(23,28)6/h14,17,20-24,31,33-35H,7-13,15-16H2,1-6H3,(H,36,37). The van der Waals surface area contributed by atoms with Gasteiger partial charge in [0.2, 0.25) is 0 Å². The summed E-state index contributed by atoms with van der Waals surface area (Å²) in [5.41, 5.74) is -2.14. The second-order valence-electron chi connectivity index (χ2n) is 14.1. The fourth-order valence-electron chi connectivity index (χ4n) is 9.61. The molecule has 0 bridgehead atoms. The van der Waals surface area contributed by atoms with Crippen LogP contribution in [0.3, 0.4) is 0 Å². The molecule has 7 heteroatoms. The van der Waals surface area contributed by atoms with E-state index >= 15 is 0 Å². The number of carboxylic acid groups (broad SMARTS) is 1. The summed E-state index contributed by atoms with van der Waals surface area (Å²) in [6, 6.07) is 0. The summed E-state index contributed by atoms with van der Waals surface area (Å²) in [6.07, 6.45) is 3.59. The number of carboxylic acids is 1. The summed E-state index contributed by atoms with van der Waals surface area (Å²) in [6.45, 7) is 11.7. The molecule has 0 saturated heterocycles. The number of hydrogen-bond donors (Lipinski definition) is 5. The molecule has 4 aliphatic rings. The highest BCUT2D eigenvalue weighted by atomic mass is 16.4. The van der Waals surface area contributed by atoms with Gasteiger partial charge in [0.1, 0.15) is 5.78 Å². The minimum Gasteiger partial charge on any atom is -0.481 e. The number of rotatable bonds is 6. The molecule has 0 aliphatic heterocycles. The molecular weight excluding hydrogens is 472 g/mol. The third-order valence-corrected chi connectivity index (χ3v) is 12.5. The maximum Gasteiger partial charge on any atom is 0.313 e. The molecule has 0 heterocycles. The second kappa shape index (κ2) is 9.14. The molecule has 11 atom stereocenters. The van der Waals surface area contributed by atoms with Crippen LogP contribution in [-0.2, 0) is 9.59 Å². The molecule has 5 N–H and O–H groups in total. The van der Waals surface area contributed by atoms with Gasteiger partial charge in [0.15, 0.2) is 0 Å². The average molecular weight is 521 g/mol. The summed E-state index contributed by atoms with van der Waals surface area (Å²) < 4.78 is 0. The minimum absolute atomic E-state index is 0.00225. The number of fused-ring (bicyclic) bond motifs is 5. The van der Waals surface area contributed by atoms with E-state index < -0.39 is 45.9 Å². The van der Waals surface area contributed by atoms with Gasteiger partial charge in [-0.2, -0.15) is 0 Å². The lowest BCUT2D eigenvalue weighted by molar-refractivity contribution is -0.250. The van der Waals surface area contributed by atoms with Crippen LogP contribution in [0.2, 0.25) is 0 Å². The lowest BCUT2D eigenvalue weighted by Gasteiger charge is -2.71. The van der Waals surface area contributed by atoms with E-state index in [9.17, 15) is 35.1 Å². The van der Waals surface area contributed by atoms with Gasteiger partial charge in [-0.3, -0.25) is 9.59 Å². The topological polar surface area (TPSA) is 135 Å². The lowest BCUT2D eigenvalue weighted by atomic mass is 9.34. The molecule has 0 spiro atoms. The van der Waals surface area contributed by atoms with Gasteiger partial charge < -0.3 is 25.5 Å². The molecule has 0 aromatic heterocycles. The first-order valence-electron chi connectivity index (χ1n) is 14.1. The summed E-state index contributed by atoms with van der Waals surface area (Å²) in [5.74, 6) is -1.00. The number of carbonyl (C=O) groups excluding carboxylic acids is 1. The number of ketones is 1. The van der Waals surface area contributed by atoms with E-state index in [1.807, 2.05) is 19.9 Å². The summed E-state index contributed by atoms with van der Waals surface area (Å²) in [7, 11) is 0. The van der Waals surface area contributed by atoms with Crippen LogP contribution in [0.5, 0.6) is 0 Å². The monoisotopic (exact) mass is 520 g/mol. The Hall–Kier alpha value is -1.28. The quantitative estimate of drug-likeness (QED) is 0.337. The van der Waals surface area contributed by atoms with Crippen molar-refractivity contribution in [3.05, 3.63) is 11.6 Å². The van der Waals surface area contributed by atoms with Crippen LogP contribution in [0.1, 0.15) is 92.9 Å². The fourth-order valence-corrected chi connectivity index (χ4v) is 9.61. The van der Waals surface area contributed by atoms with Gasteiger partial charge in [-0.05, 0) is 91.9 Å². The maximum atomic E-state index is 12.6. The van der Waals surface area contributed by atoms with Crippen molar-refractivity contribution in [2.24, 2.45) is 44.8 Å². The number of aliphatic hydroxyl groups excluding tert-OH is 4. The van der Waals surface area contributed by atoms with Crippen LogP contribution in [0.15, 0.2) is 11.6 Å². The van der Waals surface area contributed by atoms with Crippen LogP contribution in [0.25, 0.3) is 0 Å². The first-order chi connectivity index (χ1) is 17.0. The van der Waals surface area contributed by atoms with Crippen LogP contribution in [0.4, 0.5) is 0 Å². The van der Waals surface area contributed by atoms with E-state index in [-0.39, 0.29) is 35.6 Å². The van der Waals surface area contributed by atoms with E-state index in [0.717, 1.165) is 18.4 Å². The average Bonchev–Trinajstić information content (AvgIpc) is 2.83. The van der Waals surface area contributed by atoms with Crippen molar-refractivity contribution < 1.29 is 35.1 Å². The van der Waals surface area contributed by atoms with Crippen LogP contribution in [0, 0.1) is 44.8 Å². The number of aliphatic carboxylic acids is 1. The Kier molecular flexibility index (Phi) is 7.10. The summed E-state index contributed by atoms with van der Waals surface area (Å²) in [5, 5.41) is 54.2. The molecule has 3 fully saturated rings. The van der Waals surface area contributed by atoms with Gasteiger partial charge in [-0.15, -0.1) is 0 Å². The highest BCUT2D eigenvalue weighted by Gasteiger charge is 2.70. The van der Waals surface area contributed by atoms with Crippen molar-refractivity contribution >= 4 is 11.8 Å². The Bertz CT molecular complexity index is 977.